The van der Waals surface area contributed by atoms with Crippen LogP contribution in [0, 0.1) is 11.8 Å². The fourth-order valence-electron chi connectivity index (χ4n) is 4.75. The van der Waals surface area contributed by atoms with Crippen LogP contribution in [0.4, 0.5) is 0 Å². The molecule has 0 aliphatic carbocycles. The summed E-state index contributed by atoms with van der Waals surface area (Å²) < 4.78 is 17.8. The zero-order valence-corrected chi connectivity index (χ0v) is 15.5. The van der Waals surface area contributed by atoms with E-state index in [4.69, 9.17) is 4.52 Å². The van der Waals surface area contributed by atoms with Crippen molar-refractivity contribution in [1.82, 2.24) is 4.90 Å². The van der Waals surface area contributed by atoms with Gasteiger partial charge in [0.25, 0.3) is 0 Å². The summed E-state index contributed by atoms with van der Waals surface area (Å²) in [6, 6.07) is 19.1. The zero-order chi connectivity index (χ0) is 18.2. The fourth-order valence-corrected chi connectivity index (χ4v) is 5.47. The Balaban J connectivity index is 1.93. The van der Waals surface area contributed by atoms with E-state index in [1.807, 2.05) is 60.7 Å². The lowest BCUT2D eigenvalue weighted by atomic mass is 9.65. The van der Waals surface area contributed by atoms with Crippen LogP contribution in [0.15, 0.2) is 60.7 Å². The Morgan fingerprint density at radius 1 is 0.923 bits per heavy atom. The topological polar surface area (TPSA) is 70.0 Å². The summed E-state index contributed by atoms with van der Waals surface area (Å²) in [5, 5.41) is 0. The van der Waals surface area contributed by atoms with E-state index in [9.17, 15) is 14.4 Å². The summed E-state index contributed by atoms with van der Waals surface area (Å²) >= 11 is 0. The first-order valence-corrected chi connectivity index (χ1v) is 10.6. The van der Waals surface area contributed by atoms with Gasteiger partial charge in [-0.25, -0.2) is 4.57 Å². The molecule has 138 valence electrons. The lowest BCUT2D eigenvalue weighted by molar-refractivity contribution is -0.0721. The second-order valence-electron chi connectivity index (χ2n) is 7.29. The number of fused-ring (bicyclic) bond motifs is 3. The highest BCUT2D eigenvalue weighted by Crippen LogP contribution is 2.56. The number of hydrogen-bond donors (Lipinski definition) is 2. The normalized spacial score (nSPS) is 26.0. The molecule has 2 bridgehead atoms. The van der Waals surface area contributed by atoms with Gasteiger partial charge >= 0.3 is 7.82 Å². The summed E-state index contributed by atoms with van der Waals surface area (Å²) in [6.07, 6.45) is 2.08. The Kier molecular flexibility index (Phi) is 4.76. The van der Waals surface area contributed by atoms with Crippen LogP contribution >= 0.6 is 7.82 Å². The van der Waals surface area contributed by atoms with Crippen LogP contribution in [-0.4, -0.2) is 34.3 Å². The molecule has 1 unspecified atom stereocenters. The predicted molar refractivity (Wildman–Crippen MR) is 99.4 cm³/mol. The van der Waals surface area contributed by atoms with Gasteiger partial charge in [0.1, 0.15) is 5.60 Å². The summed E-state index contributed by atoms with van der Waals surface area (Å²) in [5.74, 6) is 0.370. The molecule has 3 saturated heterocycles. The van der Waals surface area contributed by atoms with Crippen LogP contribution in [0.3, 0.4) is 0 Å². The van der Waals surface area contributed by atoms with Crippen molar-refractivity contribution >= 4 is 7.82 Å². The Morgan fingerprint density at radius 2 is 1.42 bits per heavy atom. The van der Waals surface area contributed by atoms with Crippen molar-refractivity contribution < 1.29 is 18.9 Å². The third kappa shape index (κ3) is 3.26. The second-order valence-corrected chi connectivity index (χ2v) is 8.46. The molecule has 0 radical (unpaired) electrons. The van der Waals surface area contributed by atoms with Crippen molar-refractivity contribution in [3.63, 3.8) is 0 Å². The number of phosphoric acid groups is 1. The molecule has 5 nitrogen and oxygen atoms in total. The van der Waals surface area contributed by atoms with Crippen LogP contribution in [0.2, 0.25) is 0 Å². The van der Waals surface area contributed by atoms with E-state index in [2.05, 4.69) is 4.90 Å². The highest BCUT2D eigenvalue weighted by Gasteiger charge is 2.53. The Bertz CT molecular complexity index is 744. The third-order valence-electron chi connectivity index (χ3n) is 5.85. The highest BCUT2D eigenvalue weighted by atomic mass is 31.2. The van der Waals surface area contributed by atoms with Gasteiger partial charge in [0, 0.05) is 12.5 Å². The van der Waals surface area contributed by atoms with Gasteiger partial charge in [-0.05, 0) is 43.0 Å². The predicted octanol–water partition coefficient (Wildman–Crippen LogP) is 3.38. The minimum Gasteiger partial charge on any atom is -0.303 e. The second kappa shape index (κ2) is 6.91. The van der Waals surface area contributed by atoms with E-state index in [0.717, 1.165) is 43.6 Å². The van der Waals surface area contributed by atoms with Crippen LogP contribution in [-0.2, 0) is 14.7 Å². The minimum atomic E-state index is -4.73. The van der Waals surface area contributed by atoms with Crippen LogP contribution in [0.1, 0.15) is 24.0 Å². The molecule has 2 N–H and O–H groups in total. The molecule has 0 aromatic heterocycles. The van der Waals surface area contributed by atoms with E-state index in [0.29, 0.717) is 5.92 Å². The fraction of sp³-hybridized carbons (Fsp3) is 0.400. The Hall–Kier alpha value is -1.49. The summed E-state index contributed by atoms with van der Waals surface area (Å²) in [4.78, 5) is 22.1. The van der Waals surface area contributed by atoms with Crippen LogP contribution < -0.4 is 0 Å². The zero-order valence-electron chi connectivity index (χ0n) is 14.6. The Labute approximate surface area is 153 Å². The van der Waals surface area contributed by atoms with Crippen molar-refractivity contribution in [2.45, 2.75) is 18.4 Å². The summed E-state index contributed by atoms with van der Waals surface area (Å²) in [5.41, 5.74) is 0.437. The maximum Gasteiger partial charge on any atom is 0.470 e. The van der Waals surface area contributed by atoms with Crippen LogP contribution in [0.25, 0.3) is 0 Å². The van der Waals surface area contributed by atoms with E-state index in [1.54, 1.807) is 0 Å². The van der Waals surface area contributed by atoms with Gasteiger partial charge in [0.2, 0.25) is 0 Å². The molecule has 3 aliphatic rings. The highest BCUT2D eigenvalue weighted by molar-refractivity contribution is 7.46. The number of phosphoric ester groups is 1. The SMILES string of the molecule is O=P(O)(O)OC(c1ccccc1)(c1ccccc1)C1CN2CCC1CC2. The van der Waals surface area contributed by atoms with Gasteiger partial charge < -0.3 is 14.7 Å². The number of benzene rings is 2. The van der Waals surface area contributed by atoms with Crippen LogP contribution in [0.5, 0.6) is 0 Å². The molecular formula is C20H24NO4P. The van der Waals surface area contributed by atoms with Gasteiger partial charge in [0.05, 0.1) is 0 Å². The largest absolute Gasteiger partial charge is 0.470 e. The smallest absolute Gasteiger partial charge is 0.303 e. The molecule has 2 aromatic rings. The van der Waals surface area contributed by atoms with E-state index >= 15 is 0 Å². The van der Waals surface area contributed by atoms with E-state index in [1.165, 1.54) is 0 Å². The molecule has 3 fully saturated rings. The minimum absolute atomic E-state index is 0.0116. The summed E-state index contributed by atoms with van der Waals surface area (Å²) in [7, 11) is -4.73. The number of hydrogen-bond acceptors (Lipinski definition) is 3. The van der Waals surface area contributed by atoms with Crippen molar-refractivity contribution in [3.8, 4) is 0 Å². The molecule has 1 atom stereocenters. The average molecular weight is 373 g/mol. The standard InChI is InChI=1S/C20H24NO4P/c22-26(23,24)25-20(17-7-3-1-4-8-17,18-9-5-2-6-10-18)19-15-21-13-11-16(19)12-14-21/h1-10,16,19H,11-15H2,(H2,22,23,24). The molecule has 5 rings (SSSR count). The average Bonchev–Trinajstić information content (AvgIpc) is 2.68. The number of rotatable bonds is 5. The van der Waals surface area contributed by atoms with E-state index < -0.39 is 13.4 Å². The molecule has 0 saturated carbocycles. The molecular weight excluding hydrogens is 349 g/mol. The lowest BCUT2D eigenvalue weighted by Crippen LogP contribution is -2.56. The third-order valence-corrected chi connectivity index (χ3v) is 6.37. The summed E-state index contributed by atoms with van der Waals surface area (Å²) in [6.45, 7) is 2.89. The maximum absolute atomic E-state index is 12.1. The molecule has 6 heteroatoms. The molecule has 3 heterocycles. The molecule has 2 aromatic carbocycles. The number of nitrogens with zero attached hydrogens (tertiary/aromatic N) is 1. The molecule has 26 heavy (non-hydrogen) atoms. The first kappa shape index (κ1) is 17.9. The van der Waals surface area contributed by atoms with Gasteiger partial charge in [-0.2, -0.15) is 0 Å². The van der Waals surface area contributed by atoms with Crippen molar-refractivity contribution in [2.24, 2.45) is 11.8 Å². The number of piperidine rings is 3. The Morgan fingerprint density at radius 3 is 1.81 bits per heavy atom. The maximum atomic E-state index is 12.1. The van der Waals surface area contributed by atoms with Crippen molar-refractivity contribution in [1.29, 1.82) is 0 Å². The van der Waals surface area contributed by atoms with Gasteiger partial charge in [-0.3, -0.25) is 4.52 Å². The molecule has 0 spiro atoms. The first-order valence-electron chi connectivity index (χ1n) is 9.09. The molecule has 0 amide bonds. The van der Waals surface area contributed by atoms with Gasteiger partial charge in [0.15, 0.2) is 0 Å². The van der Waals surface area contributed by atoms with Gasteiger partial charge in [-0.15, -0.1) is 0 Å². The van der Waals surface area contributed by atoms with Crippen molar-refractivity contribution in [3.05, 3.63) is 71.8 Å². The molecule has 3 aliphatic heterocycles. The van der Waals surface area contributed by atoms with E-state index in [-0.39, 0.29) is 5.92 Å². The van der Waals surface area contributed by atoms with Crippen molar-refractivity contribution in [2.75, 3.05) is 19.6 Å². The van der Waals surface area contributed by atoms with Gasteiger partial charge in [-0.1, -0.05) is 60.7 Å². The monoisotopic (exact) mass is 373 g/mol. The lowest BCUT2D eigenvalue weighted by Gasteiger charge is -2.53. The quantitative estimate of drug-likeness (QED) is 0.787. The first-order chi connectivity index (χ1) is 12.5.